The summed E-state index contributed by atoms with van der Waals surface area (Å²) in [5.41, 5.74) is 1.05. The van der Waals surface area contributed by atoms with E-state index >= 15 is 0 Å². The molecule has 2 atom stereocenters. The maximum absolute atomic E-state index is 12.2. The minimum atomic E-state index is -1.31. The molecule has 2 aliphatic heterocycles. The van der Waals surface area contributed by atoms with Crippen molar-refractivity contribution in [3.63, 3.8) is 0 Å². The van der Waals surface area contributed by atoms with Crippen molar-refractivity contribution in [3.8, 4) is 0 Å². The molecular formula is C18H22N2O5S. The second-order valence-corrected chi connectivity index (χ2v) is 7.39. The Balaban J connectivity index is 1.74. The highest BCUT2D eigenvalue weighted by Gasteiger charge is 2.53. The molecule has 0 saturated carbocycles. The van der Waals surface area contributed by atoms with Crippen molar-refractivity contribution in [2.24, 2.45) is 5.92 Å². The van der Waals surface area contributed by atoms with Crippen LogP contribution in [0.1, 0.15) is 18.5 Å². The van der Waals surface area contributed by atoms with E-state index in [1.807, 2.05) is 24.4 Å². The summed E-state index contributed by atoms with van der Waals surface area (Å²) in [5.74, 6) is -1.24. The summed E-state index contributed by atoms with van der Waals surface area (Å²) in [5, 5.41) is 20.7. The Labute approximate surface area is 156 Å². The average Bonchev–Trinajstić information content (AvgIpc) is 2.98. The molecule has 1 aromatic heterocycles. The zero-order valence-electron chi connectivity index (χ0n) is 14.6. The number of carboxylic acid groups (broad SMARTS) is 1. The number of thioether (sulfide) groups is 1. The molecule has 1 amide bonds. The molecule has 1 saturated heterocycles. The van der Waals surface area contributed by atoms with Gasteiger partial charge in [-0.3, -0.25) is 4.79 Å². The van der Waals surface area contributed by atoms with E-state index in [9.17, 15) is 14.7 Å². The van der Waals surface area contributed by atoms with Crippen LogP contribution in [0.4, 0.5) is 0 Å². The predicted octanol–water partition coefficient (Wildman–Crippen LogP) is -0.572. The van der Waals surface area contributed by atoms with Gasteiger partial charge in [0.15, 0.2) is 18.4 Å². The third-order valence-corrected chi connectivity index (χ3v) is 6.00. The van der Waals surface area contributed by atoms with Crippen molar-refractivity contribution in [1.82, 2.24) is 4.90 Å². The largest absolute Gasteiger partial charge is 0.543 e. The molecule has 7 nitrogen and oxygen atoms in total. The molecule has 26 heavy (non-hydrogen) atoms. The molecule has 1 fully saturated rings. The van der Waals surface area contributed by atoms with Crippen LogP contribution in [0, 0.1) is 5.92 Å². The molecule has 3 heterocycles. The van der Waals surface area contributed by atoms with Crippen molar-refractivity contribution >= 4 is 23.6 Å². The van der Waals surface area contributed by atoms with Crippen molar-refractivity contribution in [2.45, 2.75) is 31.2 Å². The van der Waals surface area contributed by atoms with Crippen LogP contribution in [-0.2, 0) is 26.6 Å². The number of pyridine rings is 1. The van der Waals surface area contributed by atoms with Gasteiger partial charge in [0.05, 0.1) is 29.4 Å². The minimum absolute atomic E-state index is 0.00133. The highest BCUT2D eigenvalue weighted by molar-refractivity contribution is 8.02. The number of β-lactam (4-membered cyclic amide) rings is 1. The summed E-state index contributed by atoms with van der Waals surface area (Å²) in [6, 6.07) is 5.71. The first kappa shape index (κ1) is 18.9. The first-order valence-electron chi connectivity index (χ1n) is 8.56. The number of rotatable bonds is 9. The van der Waals surface area contributed by atoms with Gasteiger partial charge >= 0.3 is 0 Å². The van der Waals surface area contributed by atoms with E-state index < -0.39 is 5.97 Å². The summed E-state index contributed by atoms with van der Waals surface area (Å²) in [4.78, 5) is 25.8. The zero-order chi connectivity index (χ0) is 18.7. The summed E-state index contributed by atoms with van der Waals surface area (Å²) < 4.78 is 7.19. The van der Waals surface area contributed by atoms with Crippen LogP contribution in [0.5, 0.6) is 0 Å². The number of aliphatic carboxylic acids is 1. The van der Waals surface area contributed by atoms with Crippen molar-refractivity contribution in [2.75, 3.05) is 20.3 Å². The Hall–Kier alpha value is -1.90. The van der Waals surface area contributed by atoms with Crippen LogP contribution >= 0.6 is 11.8 Å². The maximum Gasteiger partial charge on any atom is 0.232 e. The molecule has 8 heteroatoms. The monoisotopic (exact) mass is 378 g/mol. The standard InChI is InChI=1S/C18H22N2O5S/c1-25-9-7-19-6-3-2-4-12(19)11-26-15-10-14-13(5-8-21)17(22)20(14)16(15)18(23)24/h2-4,6,13-14,21H,5,7-11H2,1H3/t13-,14+/m0/s1. The summed E-state index contributed by atoms with van der Waals surface area (Å²) in [6.45, 7) is 1.23. The van der Waals surface area contributed by atoms with E-state index in [-0.39, 0.29) is 30.2 Å². The van der Waals surface area contributed by atoms with Gasteiger partial charge in [0, 0.05) is 37.2 Å². The quantitative estimate of drug-likeness (QED) is 0.457. The SMILES string of the molecule is COCC[n+]1ccccc1CSC1=C(C(=O)[O-])N2C(=O)[C@@H](CCO)[C@H]2C1. The summed E-state index contributed by atoms with van der Waals surface area (Å²) in [6.07, 6.45) is 2.84. The van der Waals surface area contributed by atoms with Crippen LogP contribution in [-0.4, -0.2) is 48.2 Å². The second-order valence-electron chi connectivity index (χ2n) is 6.32. The molecule has 1 aromatic rings. The van der Waals surface area contributed by atoms with E-state index in [4.69, 9.17) is 9.84 Å². The molecule has 0 spiro atoms. The topological polar surface area (TPSA) is 93.8 Å². The average molecular weight is 378 g/mol. The number of aromatic nitrogens is 1. The Morgan fingerprint density at radius 2 is 2.31 bits per heavy atom. The van der Waals surface area contributed by atoms with Crippen molar-refractivity contribution in [3.05, 3.63) is 40.7 Å². The fraction of sp³-hybridized carbons (Fsp3) is 0.500. The highest BCUT2D eigenvalue weighted by Crippen LogP contribution is 2.47. The normalized spacial score (nSPS) is 21.8. The number of methoxy groups -OCH3 is 1. The van der Waals surface area contributed by atoms with Gasteiger partial charge in [-0.05, 0) is 6.42 Å². The number of amides is 1. The fourth-order valence-electron chi connectivity index (χ4n) is 3.54. The van der Waals surface area contributed by atoms with Gasteiger partial charge < -0.3 is 24.6 Å². The second kappa shape index (κ2) is 8.20. The number of fused-ring (bicyclic) bond motifs is 1. The molecule has 0 unspecified atom stereocenters. The first-order chi connectivity index (χ1) is 12.6. The number of nitrogens with zero attached hydrogens (tertiary/aromatic N) is 2. The Bertz CT molecular complexity index is 736. The lowest BCUT2D eigenvalue weighted by molar-refractivity contribution is -0.704. The molecule has 0 aliphatic carbocycles. The number of carboxylic acids is 1. The molecule has 0 bridgehead atoms. The number of carbonyl (C=O) groups is 2. The number of hydrogen-bond acceptors (Lipinski definition) is 6. The van der Waals surface area contributed by atoms with Crippen LogP contribution in [0.25, 0.3) is 0 Å². The van der Waals surface area contributed by atoms with Crippen LogP contribution in [0.3, 0.4) is 0 Å². The molecule has 0 aromatic carbocycles. The van der Waals surface area contributed by atoms with Gasteiger partial charge in [-0.25, -0.2) is 0 Å². The smallest absolute Gasteiger partial charge is 0.232 e. The van der Waals surface area contributed by atoms with Crippen molar-refractivity contribution in [1.29, 1.82) is 0 Å². The Morgan fingerprint density at radius 3 is 3.00 bits per heavy atom. The van der Waals surface area contributed by atoms with Gasteiger partial charge in [0.25, 0.3) is 0 Å². The maximum atomic E-state index is 12.2. The van der Waals surface area contributed by atoms with Gasteiger partial charge in [-0.1, -0.05) is 6.07 Å². The van der Waals surface area contributed by atoms with E-state index in [1.54, 1.807) is 7.11 Å². The lowest BCUT2D eigenvalue weighted by atomic mass is 9.85. The van der Waals surface area contributed by atoms with E-state index in [0.717, 1.165) is 5.69 Å². The van der Waals surface area contributed by atoms with E-state index in [2.05, 4.69) is 4.57 Å². The number of hydrogen-bond donors (Lipinski definition) is 1. The minimum Gasteiger partial charge on any atom is -0.543 e. The number of carbonyl (C=O) groups excluding carboxylic acids is 2. The predicted molar refractivity (Wildman–Crippen MR) is 92.3 cm³/mol. The van der Waals surface area contributed by atoms with Crippen LogP contribution in [0.15, 0.2) is 35.0 Å². The number of ether oxygens (including phenoxy) is 1. The van der Waals surface area contributed by atoms with E-state index in [1.165, 1.54) is 16.7 Å². The van der Waals surface area contributed by atoms with Gasteiger partial charge in [-0.15, -0.1) is 11.8 Å². The first-order valence-corrected chi connectivity index (χ1v) is 9.54. The van der Waals surface area contributed by atoms with Crippen LogP contribution in [0.2, 0.25) is 0 Å². The summed E-state index contributed by atoms with van der Waals surface area (Å²) >= 11 is 1.43. The lowest BCUT2D eigenvalue weighted by Gasteiger charge is -2.44. The molecule has 0 radical (unpaired) electrons. The highest BCUT2D eigenvalue weighted by atomic mass is 32.2. The molecule has 140 valence electrons. The third-order valence-electron chi connectivity index (χ3n) is 4.85. The number of aliphatic hydroxyl groups excluding tert-OH is 1. The van der Waals surface area contributed by atoms with Crippen LogP contribution < -0.4 is 9.67 Å². The van der Waals surface area contributed by atoms with Crippen molar-refractivity contribution < 1.29 is 29.1 Å². The Kier molecular flexibility index (Phi) is 5.95. The lowest BCUT2D eigenvalue weighted by Crippen LogP contribution is -2.59. The number of aliphatic hydroxyl groups is 1. The van der Waals surface area contributed by atoms with Gasteiger partial charge in [-0.2, -0.15) is 4.57 Å². The zero-order valence-corrected chi connectivity index (χ0v) is 15.4. The van der Waals surface area contributed by atoms with E-state index in [0.29, 0.717) is 36.7 Å². The molecular weight excluding hydrogens is 356 g/mol. The van der Waals surface area contributed by atoms with Gasteiger partial charge in [0.1, 0.15) is 6.61 Å². The summed E-state index contributed by atoms with van der Waals surface area (Å²) in [7, 11) is 1.65. The molecule has 3 rings (SSSR count). The fourth-order valence-corrected chi connectivity index (χ4v) is 4.73. The molecule has 1 N–H and O–H groups in total. The van der Waals surface area contributed by atoms with Gasteiger partial charge in [0.2, 0.25) is 5.91 Å². The Morgan fingerprint density at radius 1 is 1.50 bits per heavy atom. The third kappa shape index (κ3) is 3.49. The molecule has 2 aliphatic rings.